The molecular weight excluding hydrogens is 730 g/mol. The zero-order chi connectivity index (χ0) is 38.5. The third-order valence-electron chi connectivity index (χ3n) is 10.6. The maximum Gasteiger partial charge on any atom is 0.409 e. The maximum atomic E-state index is 14.2. The van der Waals surface area contributed by atoms with Gasteiger partial charge in [-0.25, -0.2) is 4.79 Å². The number of anilines is 1. The molecule has 0 aliphatic carbocycles. The van der Waals surface area contributed by atoms with E-state index in [1.165, 1.54) is 19.1 Å². The van der Waals surface area contributed by atoms with Gasteiger partial charge in [-0.15, -0.1) is 0 Å². The number of ether oxygens (including phenoxy) is 5. The fourth-order valence-corrected chi connectivity index (χ4v) is 8.60. The molecule has 0 spiro atoms. The van der Waals surface area contributed by atoms with Gasteiger partial charge in [0, 0.05) is 38.3 Å². The average Bonchev–Trinajstić information content (AvgIpc) is 3.80. The van der Waals surface area contributed by atoms with Crippen molar-refractivity contribution < 1.29 is 43.2 Å². The van der Waals surface area contributed by atoms with Crippen LogP contribution in [0.3, 0.4) is 0 Å². The molecule has 290 valence electrons. The zero-order valence-corrected chi connectivity index (χ0v) is 34.2. The standard InChI is InChI=1S/C37H54ClN3O9S2/c1-21-12-11-13-29(47-9)37(45)20-28(48-35(44)39-37)23(3)33-36(5,50-33)30(49-34(43)24(4)40(6)22(2)14-15-52-51-10)19-31(42)41(7)26-17-25(16-21)18-27(46-8)32(26)38/h11-13,17-18,22-24,28-30,33,45H,14-16,19-20H2,1-10H3,(H,39,44)/b13-11+,21-12+/t22-,23+,24-,28-,29+,30-,33-,36-,37-/m0/s1. The number of carbonyl (C=O) groups excluding carboxylic acids is 3. The largest absolute Gasteiger partial charge is 0.495 e. The molecule has 3 aliphatic rings. The van der Waals surface area contributed by atoms with E-state index >= 15 is 0 Å². The molecule has 3 aliphatic heterocycles. The smallest absolute Gasteiger partial charge is 0.409 e. The summed E-state index contributed by atoms with van der Waals surface area (Å²) in [6.45, 7) is 9.44. The van der Waals surface area contributed by atoms with Gasteiger partial charge in [0.1, 0.15) is 40.7 Å². The number of nitrogens with zero attached hydrogens (tertiary/aromatic N) is 2. The molecule has 12 nitrogen and oxygen atoms in total. The number of fused-ring (bicyclic) bond motifs is 5. The van der Waals surface area contributed by atoms with E-state index in [1.54, 1.807) is 54.6 Å². The number of benzene rings is 1. The Balaban J connectivity index is 1.74. The second kappa shape index (κ2) is 17.8. The number of likely N-dealkylation sites (N-methyl/N-ethyl adjacent to an activating group) is 1. The number of halogens is 1. The predicted octanol–water partition coefficient (Wildman–Crippen LogP) is 5.78. The van der Waals surface area contributed by atoms with Crippen LogP contribution in [0, 0.1) is 5.92 Å². The Hall–Kier alpha value is -2.46. The van der Waals surface area contributed by atoms with Gasteiger partial charge in [0.15, 0.2) is 5.72 Å². The van der Waals surface area contributed by atoms with Crippen LogP contribution in [0.2, 0.25) is 5.02 Å². The van der Waals surface area contributed by atoms with Gasteiger partial charge < -0.3 is 33.7 Å². The van der Waals surface area contributed by atoms with Crippen LogP contribution < -0.4 is 15.0 Å². The second-order valence-electron chi connectivity index (χ2n) is 14.2. The number of hydrogen-bond acceptors (Lipinski definition) is 12. The van der Waals surface area contributed by atoms with E-state index in [9.17, 15) is 19.5 Å². The molecule has 2 amide bonds. The van der Waals surface area contributed by atoms with E-state index in [0.717, 1.165) is 23.3 Å². The van der Waals surface area contributed by atoms with Crippen LogP contribution in [0.25, 0.3) is 0 Å². The molecule has 2 fully saturated rings. The first-order valence-corrected chi connectivity index (χ1v) is 20.6. The third-order valence-corrected chi connectivity index (χ3v) is 12.8. The third kappa shape index (κ3) is 9.60. The summed E-state index contributed by atoms with van der Waals surface area (Å²) in [6.07, 6.45) is 4.42. The summed E-state index contributed by atoms with van der Waals surface area (Å²) in [5, 5.41) is 14.6. The Bertz CT molecular complexity index is 1530. The number of carbonyl (C=O) groups is 3. The van der Waals surface area contributed by atoms with Crippen LogP contribution in [-0.4, -0.2) is 116 Å². The molecule has 0 radical (unpaired) electrons. The molecule has 0 unspecified atom stereocenters. The van der Waals surface area contributed by atoms with E-state index in [0.29, 0.717) is 17.9 Å². The summed E-state index contributed by atoms with van der Waals surface area (Å²) < 4.78 is 29.5. The minimum atomic E-state index is -1.79. The van der Waals surface area contributed by atoms with Gasteiger partial charge in [0.05, 0.1) is 25.3 Å². The number of allylic oxidation sites excluding steroid dienone is 3. The number of hydrogen-bond donors (Lipinski definition) is 2. The van der Waals surface area contributed by atoms with Gasteiger partial charge in [-0.2, -0.15) is 0 Å². The van der Waals surface area contributed by atoms with Crippen LogP contribution in [0.1, 0.15) is 59.4 Å². The van der Waals surface area contributed by atoms with Gasteiger partial charge in [0.2, 0.25) is 5.91 Å². The van der Waals surface area contributed by atoms with Crippen molar-refractivity contribution in [2.45, 2.75) is 108 Å². The Kier molecular flexibility index (Phi) is 14.5. The van der Waals surface area contributed by atoms with E-state index in [4.69, 9.17) is 35.3 Å². The normalized spacial score (nSPS) is 32.4. The average molecular weight is 784 g/mol. The van der Waals surface area contributed by atoms with E-state index in [2.05, 4.69) is 12.2 Å². The molecule has 2 N–H and O–H groups in total. The molecule has 0 aromatic heterocycles. The molecule has 2 saturated heterocycles. The molecule has 4 bridgehead atoms. The van der Waals surface area contributed by atoms with Gasteiger partial charge in [-0.1, -0.05) is 63.9 Å². The Morgan fingerprint density at radius 3 is 2.63 bits per heavy atom. The van der Waals surface area contributed by atoms with Gasteiger partial charge in [0.25, 0.3) is 0 Å². The van der Waals surface area contributed by atoms with Crippen molar-refractivity contribution in [3.05, 3.63) is 46.5 Å². The lowest BCUT2D eigenvalue weighted by Gasteiger charge is -2.42. The molecule has 1 aromatic rings. The molecule has 15 heteroatoms. The summed E-state index contributed by atoms with van der Waals surface area (Å²) in [5.41, 5.74) is -0.667. The summed E-state index contributed by atoms with van der Waals surface area (Å²) >= 11 is 6.78. The van der Waals surface area contributed by atoms with Crippen molar-refractivity contribution in [1.82, 2.24) is 10.2 Å². The lowest BCUT2D eigenvalue weighted by molar-refractivity contribution is -0.159. The number of methoxy groups -OCH3 is 2. The highest BCUT2D eigenvalue weighted by molar-refractivity contribution is 8.76. The fraction of sp³-hybridized carbons (Fsp3) is 0.649. The number of amides is 2. The van der Waals surface area contributed by atoms with Crippen molar-refractivity contribution in [2.24, 2.45) is 5.92 Å². The van der Waals surface area contributed by atoms with Gasteiger partial charge in [-0.3, -0.25) is 19.8 Å². The van der Waals surface area contributed by atoms with Crippen molar-refractivity contribution in [1.29, 1.82) is 0 Å². The summed E-state index contributed by atoms with van der Waals surface area (Å²) in [6, 6.07) is 3.15. The second-order valence-corrected chi connectivity index (χ2v) is 17.3. The molecule has 52 heavy (non-hydrogen) atoms. The number of rotatable bonds is 10. The summed E-state index contributed by atoms with van der Waals surface area (Å²) in [5.74, 6) is 0.0289. The minimum absolute atomic E-state index is 0.00776. The lowest BCUT2D eigenvalue weighted by atomic mass is 9.83. The van der Waals surface area contributed by atoms with E-state index in [-0.39, 0.29) is 29.8 Å². The van der Waals surface area contributed by atoms with Crippen molar-refractivity contribution >= 4 is 56.8 Å². The highest BCUT2D eigenvalue weighted by Gasteiger charge is 2.64. The van der Waals surface area contributed by atoms with Gasteiger partial charge >= 0.3 is 12.1 Å². The summed E-state index contributed by atoms with van der Waals surface area (Å²) in [7, 11) is 9.95. The minimum Gasteiger partial charge on any atom is -0.495 e. The van der Waals surface area contributed by atoms with Gasteiger partial charge in [-0.05, 0) is 71.5 Å². The quantitative estimate of drug-likeness (QED) is 0.129. The first-order chi connectivity index (χ1) is 24.5. The maximum absolute atomic E-state index is 14.2. The van der Waals surface area contributed by atoms with E-state index in [1.807, 2.05) is 50.3 Å². The van der Waals surface area contributed by atoms with Crippen LogP contribution in [0.5, 0.6) is 5.75 Å². The zero-order valence-electron chi connectivity index (χ0n) is 31.8. The van der Waals surface area contributed by atoms with Crippen LogP contribution in [-0.2, 0) is 35.0 Å². The number of epoxide rings is 1. The predicted molar refractivity (Wildman–Crippen MR) is 206 cm³/mol. The SMILES string of the molecule is COc1cc2cc(c1Cl)N(C)C(=O)C[C@H](OC(=O)[C@H](C)N(C)[C@@H](C)CCSSC)[C@]1(C)O[C@H]1[C@H](C)[C@@H]1C[C@@](O)(NC(=O)O1)[C@H](OC)/C=C/C=C(\C)C2. The topological polar surface area (TPSA) is 139 Å². The van der Waals surface area contributed by atoms with Crippen LogP contribution in [0.15, 0.2) is 35.9 Å². The number of esters is 1. The molecule has 4 rings (SSSR count). The number of alkyl carbamates (subject to hydrolysis) is 1. The molecule has 1 aromatic carbocycles. The van der Waals surface area contributed by atoms with Crippen molar-refractivity contribution in [3.63, 3.8) is 0 Å². The summed E-state index contributed by atoms with van der Waals surface area (Å²) in [4.78, 5) is 44.3. The van der Waals surface area contributed by atoms with Crippen LogP contribution >= 0.6 is 33.2 Å². The molecule has 3 heterocycles. The number of nitrogens with one attached hydrogen (secondary N) is 1. The van der Waals surface area contributed by atoms with Crippen LogP contribution in [0.4, 0.5) is 10.5 Å². The number of aliphatic hydroxyl groups is 1. The first kappa shape index (κ1) is 42.3. The molecular formula is C37H54ClN3O9S2. The fourth-order valence-electron chi connectivity index (χ4n) is 6.90. The first-order valence-electron chi connectivity index (χ1n) is 17.5. The monoisotopic (exact) mass is 783 g/mol. The molecule has 9 atom stereocenters. The van der Waals surface area contributed by atoms with Crippen molar-refractivity contribution in [3.8, 4) is 5.75 Å². The molecule has 0 saturated carbocycles. The Morgan fingerprint density at radius 2 is 1.98 bits per heavy atom. The van der Waals surface area contributed by atoms with E-state index < -0.39 is 59.8 Å². The highest BCUT2D eigenvalue weighted by Crippen LogP contribution is 2.49. The Morgan fingerprint density at radius 1 is 1.27 bits per heavy atom. The lowest BCUT2D eigenvalue weighted by Crippen LogP contribution is -2.63. The van der Waals surface area contributed by atoms with Crippen molar-refractivity contribution in [2.75, 3.05) is 45.2 Å². The Labute approximate surface area is 320 Å². The highest BCUT2D eigenvalue weighted by atomic mass is 35.5.